The quantitative estimate of drug-likeness (QED) is 0.781. The van der Waals surface area contributed by atoms with Crippen LogP contribution in [0.1, 0.15) is 5.56 Å². The second-order valence-electron chi connectivity index (χ2n) is 3.48. The van der Waals surface area contributed by atoms with E-state index < -0.39 is 0 Å². The van der Waals surface area contributed by atoms with Gasteiger partial charge in [-0.1, -0.05) is 17.7 Å². The van der Waals surface area contributed by atoms with Gasteiger partial charge in [0, 0.05) is 13.2 Å². The highest BCUT2D eigenvalue weighted by atomic mass is 35.5. The van der Waals surface area contributed by atoms with Gasteiger partial charge in [-0.3, -0.25) is 4.90 Å². The molecule has 84 valence electrons. The van der Waals surface area contributed by atoms with Crippen LogP contribution >= 0.6 is 11.6 Å². The van der Waals surface area contributed by atoms with Gasteiger partial charge in [0.2, 0.25) is 0 Å². The fraction of sp³-hybridized carbons (Fsp3) is 0.455. The van der Waals surface area contributed by atoms with Crippen molar-refractivity contribution in [1.82, 2.24) is 4.90 Å². The molecule has 0 bridgehead atoms. The van der Waals surface area contributed by atoms with E-state index in [4.69, 9.17) is 22.1 Å². The Morgan fingerprint density at radius 1 is 1.47 bits per heavy atom. The molecule has 1 aromatic carbocycles. The Morgan fingerprint density at radius 3 is 2.73 bits per heavy atom. The number of hydrogen-bond acceptors (Lipinski definition) is 3. The Balaban J connectivity index is 2.59. The van der Waals surface area contributed by atoms with Crippen molar-refractivity contribution in [2.75, 3.05) is 27.4 Å². The van der Waals surface area contributed by atoms with Crippen LogP contribution in [-0.2, 0) is 6.42 Å². The summed E-state index contributed by atoms with van der Waals surface area (Å²) in [7, 11) is 3.61. The molecule has 0 aliphatic heterocycles. The third-order valence-corrected chi connectivity index (χ3v) is 2.61. The van der Waals surface area contributed by atoms with Crippen LogP contribution in [0, 0.1) is 0 Å². The molecule has 0 aliphatic rings. The molecule has 4 heteroatoms. The first kappa shape index (κ1) is 12.3. The lowest BCUT2D eigenvalue weighted by molar-refractivity contribution is 0.349. The van der Waals surface area contributed by atoms with Crippen molar-refractivity contribution >= 4 is 11.6 Å². The number of likely N-dealkylation sites (N-methyl/N-ethyl adjacent to an activating group) is 1. The zero-order chi connectivity index (χ0) is 11.3. The zero-order valence-electron chi connectivity index (χ0n) is 9.16. The normalized spacial score (nSPS) is 10.7. The number of benzene rings is 1. The number of rotatable bonds is 5. The van der Waals surface area contributed by atoms with Gasteiger partial charge in [-0.25, -0.2) is 0 Å². The van der Waals surface area contributed by atoms with E-state index in [2.05, 4.69) is 4.90 Å². The Bertz CT molecular complexity index is 317. The average Bonchev–Trinajstić information content (AvgIpc) is 2.26. The fourth-order valence-electron chi connectivity index (χ4n) is 1.28. The first-order valence-corrected chi connectivity index (χ1v) is 5.26. The molecule has 0 heterocycles. The summed E-state index contributed by atoms with van der Waals surface area (Å²) in [5.41, 5.74) is 6.69. The number of ether oxygens (including phenoxy) is 1. The molecule has 0 unspecified atom stereocenters. The van der Waals surface area contributed by atoms with Crippen LogP contribution in [0.15, 0.2) is 18.2 Å². The van der Waals surface area contributed by atoms with E-state index in [-0.39, 0.29) is 0 Å². The lowest BCUT2D eigenvalue weighted by Gasteiger charge is -2.13. The first-order valence-electron chi connectivity index (χ1n) is 4.88. The van der Waals surface area contributed by atoms with E-state index in [0.717, 1.165) is 13.0 Å². The molecule has 0 fully saturated rings. The standard InChI is InChI=1S/C11H17ClN2O/c1-14(8-13)6-5-9-3-4-11(15-2)10(12)7-9/h3-4,7H,5-6,8,13H2,1-2H3. The summed E-state index contributed by atoms with van der Waals surface area (Å²) < 4.78 is 5.08. The highest BCUT2D eigenvalue weighted by Gasteiger charge is 2.02. The van der Waals surface area contributed by atoms with Crippen LogP contribution in [0.5, 0.6) is 5.75 Å². The summed E-state index contributed by atoms with van der Waals surface area (Å²) >= 11 is 6.02. The molecule has 1 rings (SSSR count). The molecule has 0 radical (unpaired) electrons. The lowest BCUT2D eigenvalue weighted by atomic mass is 10.1. The number of halogens is 1. The van der Waals surface area contributed by atoms with Crippen molar-refractivity contribution in [2.45, 2.75) is 6.42 Å². The molecule has 0 saturated carbocycles. The zero-order valence-corrected chi connectivity index (χ0v) is 9.92. The topological polar surface area (TPSA) is 38.5 Å². The third-order valence-electron chi connectivity index (χ3n) is 2.31. The van der Waals surface area contributed by atoms with Crippen LogP contribution in [0.4, 0.5) is 0 Å². The van der Waals surface area contributed by atoms with Gasteiger partial charge in [0.05, 0.1) is 12.1 Å². The summed E-state index contributed by atoms with van der Waals surface area (Å²) in [6, 6.07) is 5.85. The van der Waals surface area contributed by atoms with Gasteiger partial charge in [0.25, 0.3) is 0 Å². The van der Waals surface area contributed by atoms with E-state index >= 15 is 0 Å². The molecule has 0 spiro atoms. The van der Waals surface area contributed by atoms with Crippen molar-refractivity contribution < 1.29 is 4.74 Å². The highest BCUT2D eigenvalue weighted by Crippen LogP contribution is 2.24. The van der Waals surface area contributed by atoms with Crippen molar-refractivity contribution in [3.05, 3.63) is 28.8 Å². The molecule has 0 aromatic heterocycles. The van der Waals surface area contributed by atoms with Crippen LogP contribution in [0.25, 0.3) is 0 Å². The van der Waals surface area contributed by atoms with Crippen molar-refractivity contribution in [1.29, 1.82) is 0 Å². The van der Waals surface area contributed by atoms with Crippen LogP contribution in [0.2, 0.25) is 5.02 Å². The van der Waals surface area contributed by atoms with Gasteiger partial charge >= 0.3 is 0 Å². The van der Waals surface area contributed by atoms with E-state index in [9.17, 15) is 0 Å². The van der Waals surface area contributed by atoms with Crippen LogP contribution < -0.4 is 10.5 Å². The smallest absolute Gasteiger partial charge is 0.137 e. The Kier molecular flexibility index (Phi) is 4.88. The second kappa shape index (κ2) is 5.95. The number of hydrogen-bond donors (Lipinski definition) is 1. The lowest BCUT2D eigenvalue weighted by Crippen LogP contribution is -2.27. The van der Waals surface area contributed by atoms with Crippen LogP contribution in [-0.4, -0.2) is 32.3 Å². The van der Waals surface area contributed by atoms with Crippen LogP contribution in [0.3, 0.4) is 0 Å². The predicted octanol–water partition coefficient (Wildman–Crippen LogP) is 1.74. The Morgan fingerprint density at radius 2 is 2.20 bits per heavy atom. The van der Waals surface area contributed by atoms with Gasteiger partial charge in [-0.05, 0) is 31.2 Å². The Hall–Kier alpha value is -0.770. The molecule has 2 N–H and O–H groups in total. The predicted molar refractivity (Wildman–Crippen MR) is 63.4 cm³/mol. The van der Waals surface area contributed by atoms with Gasteiger partial charge < -0.3 is 10.5 Å². The van der Waals surface area contributed by atoms with E-state index in [1.54, 1.807) is 7.11 Å². The maximum atomic E-state index is 6.02. The van der Waals surface area contributed by atoms with Crippen molar-refractivity contribution in [2.24, 2.45) is 5.73 Å². The van der Waals surface area contributed by atoms with Gasteiger partial charge in [0.1, 0.15) is 5.75 Å². The second-order valence-corrected chi connectivity index (χ2v) is 3.89. The molecule has 0 aliphatic carbocycles. The van der Waals surface area contributed by atoms with Gasteiger partial charge in [-0.15, -0.1) is 0 Å². The summed E-state index contributed by atoms with van der Waals surface area (Å²) in [5, 5.41) is 0.658. The highest BCUT2D eigenvalue weighted by molar-refractivity contribution is 6.32. The average molecular weight is 229 g/mol. The van der Waals surface area contributed by atoms with E-state index in [1.807, 2.05) is 25.2 Å². The summed E-state index contributed by atoms with van der Waals surface area (Å²) in [4.78, 5) is 2.05. The molecule has 1 aromatic rings. The van der Waals surface area contributed by atoms with E-state index in [1.165, 1.54) is 5.56 Å². The first-order chi connectivity index (χ1) is 7.17. The van der Waals surface area contributed by atoms with Crippen molar-refractivity contribution in [3.8, 4) is 5.75 Å². The van der Waals surface area contributed by atoms with E-state index in [0.29, 0.717) is 17.4 Å². The number of methoxy groups -OCH3 is 1. The molecular formula is C11H17ClN2O. The monoisotopic (exact) mass is 228 g/mol. The SMILES string of the molecule is COc1ccc(CCN(C)CN)cc1Cl. The van der Waals surface area contributed by atoms with Gasteiger partial charge in [0.15, 0.2) is 0 Å². The molecule has 0 amide bonds. The number of nitrogens with zero attached hydrogens (tertiary/aromatic N) is 1. The minimum absolute atomic E-state index is 0.573. The summed E-state index contributed by atoms with van der Waals surface area (Å²) in [6.07, 6.45) is 0.942. The van der Waals surface area contributed by atoms with Gasteiger partial charge in [-0.2, -0.15) is 0 Å². The fourth-order valence-corrected chi connectivity index (χ4v) is 1.56. The third kappa shape index (κ3) is 3.70. The molecular weight excluding hydrogens is 212 g/mol. The maximum absolute atomic E-state index is 6.02. The summed E-state index contributed by atoms with van der Waals surface area (Å²) in [5.74, 6) is 0.715. The molecule has 15 heavy (non-hydrogen) atoms. The molecule has 0 atom stereocenters. The minimum atomic E-state index is 0.573. The minimum Gasteiger partial charge on any atom is -0.495 e. The van der Waals surface area contributed by atoms with Crippen molar-refractivity contribution in [3.63, 3.8) is 0 Å². The maximum Gasteiger partial charge on any atom is 0.137 e. The molecule has 0 saturated heterocycles. The number of nitrogens with two attached hydrogens (primary N) is 1. The largest absolute Gasteiger partial charge is 0.495 e. The molecule has 3 nitrogen and oxygen atoms in total. The Labute approximate surface area is 95.8 Å². The summed E-state index contributed by atoms with van der Waals surface area (Å²) in [6.45, 7) is 1.50.